The lowest BCUT2D eigenvalue weighted by Crippen LogP contribution is -2.22. The third-order valence-electron chi connectivity index (χ3n) is 2.76. The number of methoxy groups -OCH3 is 1. The number of carboxylic acids is 1. The van der Waals surface area contributed by atoms with Crippen LogP contribution in [0.2, 0.25) is 0 Å². The lowest BCUT2D eigenvalue weighted by molar-refractivity contribution is 0.0698. The molecule has 7 heteroatoms. The molecule has 1 rings (SSSR count). The number of benzene rings is 1. The lowest BCUT2D eigenvalue weighted by atomic mass is 9.98. The maximum absolute atomic E-state index is 11.9. The summed E-state index contributed by atoms with van der Waals surface area (Å²) in [5.41, 5.74) is 0.717. The molecule has 0 fully saturated rings. The molecular formula is C13H19NO5S. The first-order valence-electron chi connectivity index (χ1n) is 6.14. The van der Waals surface area contributed by atoms with Crippen LogP contribution in [0.4, 0.5) is 5.69 Å². The van der Waals surface area contributed by atoms with Gasteiger partial charge >= 0.3 is 5.97 Å². The van der Waals surface area contributed by atoms with E-state index >= 15 is 0 Å². The third-order valence-corrected chi connectivity index (χ3v) is 3.98. The van der Waals surface area contributed by atoms with Gasteiger partial charge in [0.25, 0.3) is 0 Å². The predicted octanol–water partition coefficient (Wildman–Crippen LogP) is 1.90. The summed E-state index contributed by atoms with van der Waals surface area (Å²) in [5.74, 6) is -1.40. The van der Waals surface area contributed by atoms with Gasteiger partial charge in [-0.1, -0.05) is 26.0 Å². The molecule has 112 valence electrons. The second-order valence-electron chi connectivity index (χ2n) is 4.64. The number of hydrogen-bond donors (Lipinski definition) is 2. The van der Waals surface area contributed by atoms with Gasteiger partial charge in [0.15, 0.2) is 0 Å². The van der Waals surface area contributed by atoms with E-state index in [-0.39, 0.29) is 29.5 Å². The summed E-state index contributed by atoms with van der Waals surface area (Å²) in [5, 5.41) is 9.19. The van der Waals surface area contributed by atoms with E-state index in [0.717, 1.165) is 0 Å². The van der Waals surface area contributed by atoms with Crippen LogP contribution in [0.25, 0.3) is 0 Å². The maximum Gasteiger partial charge on any atom is 0.337 e. The molecule has 0 aliphatic heterocycles. The van der Waals surface area contributed by atoms with Gasteiger partial charge in [-0.15, -0.1) is 0 Å². The molecule has 0 bridgehead atoms. The minimum absolute atomic E-state index is 0.00516. The first-order chi connectivity index (χ1) is 9.28. The van der Waals surface area contributed by atoms with Crippen molar-refractivity contribution in [3.8, 4) is 0 Å². The van der Waals surface area contributed by atoms with Crippen LogP contribution in [0, 0.1) is 0 Å². The number of nitrogens with one attached hydrogen (secondary N) is 1. The monoisotopic (exact) mass is 301 g/mol. The van der Waals surface area contributed by atoms with Crippen LogP contribution in [0.1, 0.15) is 35.7 Å². The summed E-state index contributed by atoms with van der Waals surface area (Å²) in [4.78, 5) is 11.2. The number of aromatic carboxylic acids is 1. The van der Waals surface area contributed by atoms with Gasteiger partial charge in [-0.25, -0.2) is 13.2 Å². The Bertz CT molecular complexity index is 580. The number of carbonyl (C=O) groups is 1. The third kappa shape index (κ3) is 4.21. The Hall–Kier alpha value is -1.60. The first-order valence-corrected chi connectivity index (χ1v) is 7.79. The molecule has 0 heterocycles. The van der Waals surface area contributed by atoms with Crippen molar-refractivity contribution in [2.45, 2.75) is 19.8 Å². The van der Waals surface area contributed by atoms with E-state index in [2.05, 4.69) is 4.72 Å². The van der Waals surface area contributed by atoms with Gasteiger partial charge in [-0.2, -0.15) is 0 Å². The summed E-state index contributed by atoms with van der Waals surface area (Å²) in [6, 6.07) is 4.69. The van der Waals surface area contributed by atoms with Crippen molar-refractivity contribution in [3.63, 3.8) is 0 Å². The van der Waals surface area contributed by atoms with Crippen molar-refractivity contribution < 1.29 is 23.1 Å². The highest BCUT2D eigenvalue weighted by atomic mass is 32.2. The number of carboxylic acid groups (broad SMARTS) is 1. The Kier molecular flexibility index (Phi) is 5.52. The van der Waals surface area contributed by atoms with E-state index in [4.69, 9.17) is 4.74 Å². The van der Waals surface area contributed by atoms with Gasteiger partial charge in [0.2, 0.25) is 10.0 Å². The van der Waals surface area contributed by atoms with E-state index in [1.54, 1.807) is 12.1 Å². The van der Waals surface area contributed by atoms with Crippen LogP contribution in [0.5, 0.6) is 0 Å². The Labute approximate surface area is 118 Å². The molecule has 0 aliphatic carbocycles. The second-order valence-corrected chi connectivity index (χ2v) is 6.49. The van der Waals surface area contributed by atoms with Gasteiger partial charge in [-0.05, 0) is 17.5 Å². The van der Waals surface area contributed by atoms with Crippen molar-refractivity contribution in [2.24, 2.45) is 0 Å². The quantitative estimate of drug-likeness (QED) is 0.802. The zero-order chi connectivity index (χ0) is 15.3. The fourth-order valence-electron chi connectivity index (χ4n) is 1.74. The zero-order valence-corrected chi connectivity index (χ0v) is 12.5. The van der Waals surface area contributed by atoms with Crippen LogP contribution in [0.15, 0.2) is 18.2 Å². The van der Waals surface area contributed by atoms with Gasteiger partial charge in [-0.3, -0.25) is 4.72 Å². The van der Waals surface area contributed by atoms with Gasteiger partial charge in [0.05, 0.1) is 23.6 Å². The molecule has 6 nitrogen and oxygen atoms in total. The highest BCUT2D eigenvalue weighted by molar-refractivity contribution is 7.92. The predicted molar refractivity (Wildman–Crippen MR) is 76.8 cm³/mol. The zero-order valence-electron chi connectivity index (χ0n) is 11.7. The normalized spacial score (nSPS) is 11.6. The average molecular weight is 301 g/mol. The molecule has 0 radical (unpaired) electrons. The van der Waals surface area contributed by atoms with Gasteiger partial charge in [0, 0.05) is 7.11 Å². The molecule has 2 N–H and O–H groups in total. The van der Waals surface area contributed by atoms with Crippen LogP contribution in [0.3, 0.4) is 0 Å². The molecule has 0 aromatic heterocycles. The standard InChI is InChI=1S/C13H19NO5S/c1-9(2)10-5-4-6-11(13(15)16)12(10)14-20(17,18)8-7-19-3/h4-6,9,14H,7-8H2,1-3H3,(H,15,16). The Morgan fingerprint density at radius 3 is 2.55 bits per heavy atom. The van der Waals surface area contributed by atoms with Gasteiger partial charge in [0.1, 0.15) is 0 Å². The van der Waals surface area contributed by atoms with Crippen LogP contribution >= 0.6 is 0 Å². The molecule has 0 saturated heterocycles. The lowest BCUT2D eigenvalue weighted by Gasteiger charge is -2.17. The molecule has 0 amide bonds. The van der Waals surface area contributed by atoms with Gasteiger partial charge < -0.3 is 9.84 Å². The van der Waals surface area contributed by atoms with E-state index in [0.29, 0.717) is 5.56 Å². The molecule has 0 unspecified atom stereocenters. The summed E-state index contributed by atoms with van der Waals surface area (Å²) in [6.07, 6.45) is 0. The number of sulfonamides is 1. The Balaban J connectivity index is 3.24. The van der Waals surface area contributed by atoms with E-state index in [1.807, 2.05) is 13.8 Å². The largest absolute Gasteiger partial charge is 0.478 e. The molecule has 0 saturated carbocycles. The number of para-hydroxylation sites is 1. The molecule has 1 aromatic rings. The first kappa shape index (κ1) is 16.5. The van der Waals surface area contributed by atoms with Crippen molar-refractivity contribution in [2.75, 3.05) is 24.2 Å². The molecule has 0 aliphatic rings. The molecule has 1 aromatic carbocycles. The number of ether oxygens (including phenoxy) is 1. The number of hydrogen-bond acceptors (Lipinski definition) is 4. The minimum Gasteiger partial charge on any atom is -0.478 e. The highest BCUT2D eigenvalue weighted by Crippen LogP contribution is 2.28. The van der Waals surface area contributed by atoms with E-state index in [1.165, 1.54) is 13.2 Å². The molecule has 0 atom stereocenters. The number of rotatable bonds is 7. The molecule has 20 heavy (non-hydrogen) atoms. The van der Waals surface area contributed by atoms with Crippen LogP contribution in [-0.2, 0) is 14.8 Å². The van der Waals surface area contributed by atoms with Crippen molar-refractivity contribution in [3.05, 3.63) is 29.3 Å². The van der Waals surface area contributed by atoms with E-state index < -0.39 is 16.0 Å². The van der Waals surface area contributed by atoms with E-state index in [9.17, 15) is 18.3 Å². The fourth-order valence-corrected chi connectivity index (χ4v) is 2.77. The summed E-state index contributed by atoms with van der Waals surface area (Å²) >= 11 is 0. The Morgan fingerprint density at radius 1 is 1.40 bits per heavy atom. The fraction of sp³-hybridized carbons (Fsp3) is 0.462. The highest BCUT2D eigenvalue weighted by Gasteiger charge is 2.20. The average Bonchev–Trinajstić information content (AvgIpc) is 2.35. The molecular weight excluding hydrogens is 282 g/mol. The number of anilines is 1. The van der Waals surface area contributed by atoms with Crippen molar-refractivity contribution in [1.82, 2.24) is 0 Å². The summed E-state index contributed by atoms with van der Waals surface area (Å²) in [7, 11) is -2.24. The van der Waals surface area contributed by atoms with Crippen LogP contribution in [-0.4, -0.2) is 39.0 Å². The van der Waals surface area contributed by atoms with Crippen molar-refractivity contribution in [1.29, 1.82) is 0 Å². The summed E-state index contributed by atoms with van der Waals surface area (Å²) < 4.78 is 30.9. The molecule has 0 spiro atoms. The smallest absolute Gasteiger partial charge is 0.337 e. The minimum atomic E-state index is -3.65. The summed E-state index contributed by atoms with van der Waals surface area (Å²) in [6.45, 7) is 3.78. The van der Waals surface area contributed by atoms with Crippen molar-refractivity contribution >= 4 is 21.7 Å². The van der Waals surface area contributed by atoms with Crippen LogP contribution < -0.4 is 4.72 Å². The SMILES string of the molecule is COCCS(=O)(=O)Nc1c(C(=O)O)cccc1C(C)C. The second kappa shape index (κ2) is 6.71. The maximum atomic E-state index is 11.9. The Morgan fingerprint density at radius 2 is 2.05 bits per heavy atom. The topological polar surface area (TPSA) is 92.7 Å².